The Labute approximate surface area is 91.7 Å². The number of anilines is 1. The average Bonchev–Trinajstić information content (AvgIpc) is 2.66. The van der Waals surface area contributed by atoms with Crippen LogP contribution in [0, 0.1) is 5.82 Å². The van der Waals surface area contributed by atoms with Crippen molar-refractivity contribution >= 4 is 17.4 Å². The van der Waals surface area contributed by atoms with E-state index in [0.29, 0.717) is 5.56 Å². The smallest absolute Gasteiger partial charge is 0.130 e. The third-order valence-corrected chi connectivity index (χ3v) is 3.92. The van der Waals surface area contributed by atoms with E-state index in [4.69, 9.17) is 5.73 Å². The molecule has 1 atom stereocenters. The lowest BCUT2D eigenvalue weighted by Crippen LogP contribution is -2.24. The van der Waals surface area contributed by atoms with E-state index in [1.165, 1.54) is 11.8 Å². The third kappa shape index (κ3) is 1.28. The molecular formula is C11H11FN2S. The van der Waals surface area contributed by atoms with Crippen LogP contribution in [0.4, 0.5) is 10.1 Å². The van der Waals surface area contributed by atoms with Crippen molar-refractivity contribution in [1.29, 1.82) is 0 Å². The number of thioether (sulfide) groups is 1. The van der Waals surface area contributed by atoms with Crippen LogP contribution >= 0.6 is 11.8 Å². The van der Waals surface area contributed by atoms with Gasteiger partial charge in [-0.05, 0) is 17.7 Å². The summed E-state index contributed by atoms with van der Waals surface area (Å²) in [6.45, 7) is 0. The van der Waals surface area contributed by atoms with Gasteiger partial charge < -0.3 is 11.1 Å². The maximum atomic E-state index is 13.6. The normalized spacial score (nSPS) is 23.5. The number of hydrogen-bond acceptors (Lipinski definition) is 3. The van der Waals surface area contributed by atoms with Gasteiger partial charge in [0, 0.05) is 28.5 Å². The van der Waals surface area contributed by atoms with E-state index in [1.807, 2.05) is 17.8 Å². The predicted molar refractivity (Wildman–Crippen MR) is 61.3 cm³/mol. The van der Waals surface area contributed by atoms with Gasteiger partial charge in [-0.25, -0.2) is 4.39 Å². The molecule has 2 aliphatic heterocycles. The van der Waals surface area contributed by atoms with E-state index in [0.717, 1.165) is 22.8 Å². The first kappa shape index (κ1) is 9.24. The molecule has 2 nitrogen and oxygen atoms in total. The fourth-order valence-corrected chi connectivity index (χ4v) is 3.27. The van der Waals surface area contributed by atoms with Gasteiger partial charge in [0.2, 0.25) is 0 Å². The second kappa shape index (κ2) is 3.25. The van der Waals surface area contributed by atoms with Gasteiger partial charge in [-0.2, -0.15) is 11.8 Å². The molecule has 0 saturated heterocycles. The quantitative estimate of drug-likeness (QED) is 0.707. The second-order valence-corrected chi connectivity index (χ2v) is 4.79. The molecule has 0 amide bonds. The minimum atomic E-state index is -0.271. The lowest BCUT2D eigenvalue weighted by molar-refractivity contribution is 0.597. The standard InChI is InChI=1S/C11H11FN2S/c12-7-2-1-3-8-10(7)11(13)6-4-15-5-9(6)14-8/h1-3,11,14H,4-5,13H2. The molecule has 1 unspecified atom stereocenters. The lowest BCUT2D eigenvalue weighted by atomic mass is 9.93. The van der Waals surface area contributed by atoms with E-state index >= 15 is 0 Å². The van der Waals surface area contributed by atoms with Crippen molar-refractivity contribution in [2.75, 3.05) is 16.8 Å². The summed E-state index contributed by atoms with van der Waals surface area (Å²) >= 11 is 1.82. The minimum Gasteiger partial charge on any atom is -0.358 e. The summed E-state index contributed by atoms with van der Waals surface area (Å²) in [5.74, 6) is 1.66. The molecular weight excluding hydrogens is 211 g/mol. The predicted octanol–water partition coefficient (Wildman–Crippen LogP) is 2.25. The number of fused-ring (bicyclic) bond motifs is 1. The first-order chi connectivity index (χ1) is 7.27. The highest BCUT2D eigenvalue weighted by molar-refractivity contribution is 7.99. The van der Waals surface area contributed by atoms with Gasteiger partial charge >= 0.3 is 0 Å². The van der Waals surface area contributed by atoms with Crippen LogP contribution in [-0.2, 0) is 0 Å². The van der Waals surface area contributed by atoms with Crippen LogP contribution in [0.2, 0.25) is 0 Å². The first-order valence-electron chi connectivity index (χ1n) is 4.88. The fourth-order valence-electron chi connectivity index (χ4n) is 2.14. The van der Waals surface area contributed by atoms with Gasteiger partial charge in [-0.3, -0.25) is 0 Å². The summed E-state index contributed by atoms with van der Waals surface area (Å²) in [6, 6.07) is 4.79. The monoisotopic (exact) mass is 222 g/mol. The van der Waals surface area contributed by atoms with Crippen LogP contribution < -0.4 is 11.1 Å². The zero-order valence-electron chi connectivity index (χ0n) is 8.09. The molecule has 3 N–H and O–H groups in total. The van der Waals surface area contributed by atoms with Crippen molar-refractivity contribution < 1.29 is 4.39 Å². The first-order valence-corrected chi connectivity index (χ1v) is 6.03. The van der Waals surface area contributed by atoms with Crippen LogP contribution in [0.1, 0.15) is 11.6 Å². The third-order valence-electron chi connectivity index (χ3n) is 2.92. The van der Waals surface area contributed by atoms with Crippen LogP contribution in [0.5, 0.6) is 0 Å². The van der Waals surface area contributed by atoms with Crippen LogP contribution in [0.15, 0.2) is 29.5 Å². The molecule has 0 bridgehead atoms. The zero-order valence-corrected chi connectivity index (χ0v) is 8.90. The van der Waals surface area contributed by atoms with Crippen LogP contribution in [-0.4, -0.2) is 11.5 Å². The van der Waals surface area contributed by atoms with Gasteiger partial charge in [0.25, 0.3) is 0 Å². The summed E-state index contributed by atoms with van der Waals surface area (Å²) in [5.41, 5.74) is 9.84. The van der Waals surface area contributed by atoms with Crippen molar-refractivity contribution in [3.05, 3.63) is 40.8 Å². The van der Waals surface area contributed by atoms with E-state index in [-0.39, 0.29) is 11.9 Å². The van der Waals surface area contributed by atoms with Gasteiger partial charge in [0.05, 0.1) is 6.04 Å². The van der Waals surface area contributed by atoms with E-state index in [9.17, 15) is 4.39 Å². The summed E-state index contributed by atoms with van der Waals surface area (Å²) < 4.78 is 13.6. The highest BCUT2D eigenvalue weighted by Crippen LogP contribution is 2.41. The Bertz CT molecular complexity index is 456. The highest BCUT2D eigenvalue weighted by atomic mass is 32.2. The summed E-state index contributed by atoms with van der Waals surface area (Å²) in [4.78, 5) is 0. The number of nitrogens with one attached hydrogen (secondary N) is 1. The van der Waals surface area contributed by atoms with Gasteiger partial charge in [-0.1, -0.05) is 6.07 Å². The molecule has 1 aromatic rings. The lowest BCUT2D eigenvalue weighted by Gasteiger charge is -2.26. The van der Waals surface area contributed by atoms with E-state index in [1.54, 1.807) is 6.07 Å². The maximum absolute atomic E-state index is 13.6. The Kier molecular flexibility index (Phi) is 2.00. The molecule has 4 heteroatoms. The summed E-state index contributed by atoms with van der Waals surface area (Å²) in [5, 5.41) is 3.27. The molecule has 78 valence electrons. The molecule has 1 aromatic carbocycles. The number of hydrogen-bond donors (Lipinski definition) is 2. The molecule has 2 heterocycles. The molecule has 0 aliphatic carbocycles. The average molecular weight is 222 g/mol. The number of benzene rings is 1. The Morgan fingerprint density at radius 2 is 2.27 bits per heavy atom. The van der Waals surface area contributed by atoms with Crippen molar-refractivity contribution in [2.24, 2.45) is 5.73 Å². The topological polar surface area (TPSA) is 38.0 Å². The van der Waals surface area contributed by atoms with Gasteiger partial charge in [0.15, 0.2) is 0 Å². The van der Waals surface area contributed by atoms with Crippen molar-refractivity contribution in [1.82, 2.24) is 0 Å². The second-order valence-electron chi connectivity index (χ2n) is 3.80. The molecule has 0 aromatic heterocycles. The zero-order chi connectivity index (χ0) is 10.4. The van der Waals surface area contributed by atoms with Gasteiger partial charge in [-0.15, -0.1) is 0 Å². The highest BCUT2D eigenvalue weighted by Gasteiger charge is 2.30. The van der Waals surface area contributed by atoms with E-state index in [2.05, 4.69) is 5.32 Å². The Morgan fingerprint density at radius 3 is 3.13 bits per heavy atom. The molecule has 0 fully saturated rings. The summed E-state index contributed by atoms with van der Waals surface area (Å²) in [7, 11) is 0. The number of nitrogens with two attached hydrogens (primary N) is 1. The van der Waals surface area contributed by atoms with Crippen LogP contribution in [0.25, 0.3) is 0 Å². The van der Waals surface area contributed by atoms with Gasteiger partial charge in [0.1, 0.15) is 5.82 Å². The molecule has 0 saturated carbocycles. The fraction of sp³-hybridized carbons (Fsp3) is 0.273. The number of halogens is 1. The molecule has 15 heavy (non-hydrogen) atoms. The Balaban J connectivity index is 2.15. The molecule has 3 rings (SSSR count). The van der Waals surface area contributed by atoms with E-state index < -0.39 is 0 Å². The van der Waals surface area contributed by atoms with Crippen LogP contribution in [0.3, 0.4) is 0 Å². The Morgan fingerprint density at radius 1 is 1.40 bits per heavy atom. The molecule has 0 radical (unpaired) electrons. The maximum Gasteiger partial charge on any atom is 0.130 e. The largest absolute Gasteiger partial charge is 0.358 e. The SMILES string of the molecule is NC1C2=C(CSC2)Nc2cccc(F)c21. The van der Waals surface area contributed by atoms with Crippen molar-refractivity contribution in [2.45, 2.75) is 6.04 Å². The summed E-state index contributed by atoms with van der Waals surface area (Å²) in [6.07, 6.45) is 0. The van der Waals surface area contributed by atoms with Crippen molar-refractivity contribution in [3.63, 3.8) is 0 Å². The minimum absolute atomic E-state index is 0.212. The Hall–Kier alpha value is -1.00. The molecule has 0 spiro atoms. The number of rotatable bonds is 0. The molecule has 2 aliphatic rings. The van der Waals surface area contributed by atoms with Crippen molar-refractivity contribution in [3.8, 4) is 0 Å².